The summed E-state index contributed by atoms with van der Waals surface area (Å²) in [4.78, 5) is 0. The number of aliphatic hydroxyl groups is 3. The van der Waals surface area contributed by atoms with Crippen molar-refractivity contribution in [3.05, 3.63) is 0 Å². The van der Waals surface area contributed by atoms with Crippen molar-refractivity contribution in [2.45, 2.75) is 24.7 Å². The molecule has 0 radical (unpaired) electrons. The molecular weight excluding hydrogens is 207 g/mol. The van der Waals surface area contributed by atoms with Gasteiger partial charge in [0.25, 0.3) is 0 Å². The van der Waals surface area contributed by atoms with E-state index in [4.69, 9.17) is 20.1 Å². The van der Waals surface area contributed by atoms with Crippen LogP contribution in [-0.4, -0.2) is 46.8 Å². The summed E-state index contributed by atoms with van der Waals surface area (Å²) in [6, 6.07) is 0. The van der Waals surface area contributed by atoms with E-state index < -0.39 is 18.3 Å². The lowest BCUT2D eigenvalue weighted by Gasteiger charge is -2.30. The van der Waals surface area contributed by atoms with Crippen molar-refractivity contribution in [3.63, 3.8) is 0 Å². The molecule has 0 saturated carbocycles. The van der Waals surface area contributed by atoms with Gasteiger partial charge >= 0.3 is 0 Å². The van der Waals surface area contributed by atoms with Crippen LogP contribution in [0, 0.1) is 0 Å². The zero-order chi connectivity index (χ0) is 7.56. The second kappa shape index (κ2) is 6.88. The molecule has 76 valence electrons. The molecule has 12 heavy (non-hydrogen) atoms. The van der Waals surface area contributed by atoms with Crippen LogP contribution in [0.1, 0.15) is 6.42 Å². The highest BCUT2D eigenvalue weighted by Crippen LogP contribution is 2.13. The molecule has 3 N–H and O–H groups in total. The smallest absolute Gasteiger partial charge is 0.109 e. The fourth-order valence-corrected chi connectivity index (χ4v) is 1.02. The van der Waals surface area contributed by atoms with Gasteiger partial charge < -0.3 is 20.1 Å². The number of aliphatic hydroxyl groups excluding tert-OH is 3. The third-order valence-electron chi connectivity index (χ3n) is 1.70. The van der Waals surface area contributed by atoms with E-state index in [2.05, 4.69) is 0 Å². The van der Waals surface area contributed by atoms with Crippen molar-refractivity contribution in [2.75, 3.05) is 13.2 Å². The van der Waals surface area contributed by atoms with Gasteiger partial charge in [0, 0.05) is 6.61 Å². The Bertz CT molecular complexity index is 114. The van der Waals surface area contributed by atoms with Gasteiger partial charge in [0.05, 0.1) is 12.7 Å². The predicted octanol–water partition coefficient (Wildman–Crippen LogP) is -0.667. The first-order chi connectivity index (χ1) is 4.75. The average molecular weight is 221 g/mol. The van der Waals surface area contributed by atoms with Crippen LogP contribution < -0.4 is 0 Å². The summed E-state index contributed by atoms with van der Waals surface area (Å²) in [7, 11) is 0. The SMILES string of the molecule is Cl.Cl.OC[C@H]1OCC[C@@H](O)[C@@H]1O. The van der Waals surface area contributed by atoms with E-state index in [-0.39, 0.29) is 31.4 Å². The summed E-state index contributed by atoms with van der Waals surface area (Å²) >= 11 is 0. The van der Waals surface area contributed by atoms with Gasteiger partial charge in [-0.25, -0.2) is 0 Å². The Hall–Kier alpha value is 0.420. The zero-order valence-corrected chi connectivity index (χ0v) is 8.05. The average Bonchev–Trinajstić information content (AvgIpc) is 1.95. The van der Waals surface area contributed by atoms with E-state index in [1.807, 2.05) is 0 Å². The largest absolute Gasteiger partial charge is 0.394 e. The lowest BCUT2D eigenvalue weighted by atomic mass is 10.0. The Morgan fingerprint density at radius 2 is 1.83 bits per heavy atom. The minimum absolute atomic E-state index is 0. The van der Waals surface area contributed by atoms with E-state index in [1.165, 1.54) is 0 Å². The first-order valence-electron chi connectivity index (χ1n) is 3.34. The third kappa shape index (κ3) is 3.43. The van der Waals surface area contributed by atoms with Gasteiger partial charge in [0.15, 0.2) is 0 Å². The van der Waals surface area contributed by atoms with Crippen LogP contribution in [-0.2, 0) is 4.74 Å². The summed E-state index contributed by atoms with van der Waals surface area (Å²) in [5.41, 5.74) is 0. The molecule has 0 unspecified atom stereocenters. The van der Waals surface area contributed by atoms with Crippen molar-refractivity contribution in [1.82, 2.24) is 0 Å². The van der Waals surface area contributed by atoms with E-state index in [0.29, 0.717) is 13.0 Å². The van der Waals surface area contributed by atoms with Crippen LogP contribution in [0.15, 0.2) is 0 Å². The van der Waals surface area contributed by atoms with E-state index >= 15 is 0 Å². The van der Waals surface area contributed by atoms with Gasteiger partial charge in [-0.3, -0.25) is 0 Å². The molecule has 1 aliphatic rings. The molecule has 0 aromatic heterocycles. The Kier molecular flexibility index (Phi) is 8.56. The van der Waals surface area contributed by atoms with E-state index in [9.17, 15) is 0 Å². The third-order valence-corrected chi connectivity index (χ3v) is 1.70. The molecule has 0 bridgehead atoms. The second-order valence-corrected chi connectivity index (χ2v) is 2.44. The summed E-state index contributed by atoms with van der Waals surface area (Å²) in [5.74, 6) is 0. The highest BCUT2D eigenvalue weighted by atomic mass is 35.5. The van der Waals surface area contributed by atoms with Crippen LogP contribution in [0.4, 0.5) is 0 Å². The minimum atomic E-state index is -0.932. The van der Waals surface area contributed by atoms with Gasteiger partial charge in [-0.1, -0.05) is 0 Å². The number of hydrogen-bond acceptors (Lipinski definition) is 4. The predicted molar refractivity (Wildman–Crippen MR) is 48.0 cm³/mol. The molecule has 0 aromatic rings. The van der Waals surface area contributed by atoms with Crippen LogP contribution >= 0.6 is 24.8 Å². The lowest BCUT2D eigenvalue weighted by Crippen LogP contribution is -2.46. The summed E-state index contributed by atoms with van der Waals surface area (Å²) in [6.45, 7) is 0.168. The van der Waals surface area contributed by atoms with Gasteiger partial charge in [0.1, 0.15) is 12.2 Å². The molecule has 4 nitrogen and oxygen atoms in total. The molecule has 6 heteroatoms. The molecule has 1 rings (SSSR count). The van der Waals surface area contributed by atoms with Gasteiger partial charge in [-0.2, -0.15) is 0 Å². The maximum Gasteiger partial charge on any atom is 0.109 e. The highest BCUT2D eigenvalue weighted by molar-refractivity contribution is 5.85. The Morgan fingerprint density at radius 1 is 1.25 bits per heavy atom. The summed E-state index contributed by atoms with van der Waals surface area (Å²) in [5, 5.41) is 26.7. The molecule has 1 heterocycles. The normalized spacial score (nSPS) is 34.8. The molecule has 0 aliphatic carbocycles. The van der Waals surface area contributed by atoms with Crippen LogP contribution in [0.25, 0.3) is 0 Å². The van der Waals surface area contributed by atoms with E-state index in [1.54, 1.807) is 0 Å². The topological polar surface area (TPSA) is 69.9 Å². The molecule has 0 spiro atoms. The van der Waals surface area contributed by atoms with Crippen LogP contribution in [0.3, 0.4) is 0 Å². The van der Waals surface area contributed by atoms with E-state index in [0.717, 1.165) is 0 Å². The molecule has 1 fully saturated rings. The first-order valence-corrected chi connectivity index (χ1v) is 3.34. The first kappa shape index (κ1) is 14.9. The monoisotopic (exact) mass is 220 g/mol. The molecule has 1 aliphatic heterocycles. The standard InChI is InChI=1S/C6H12O4.2ClH/c7-3-5-6(9)4(8)1-2-10-5;;/h4-9H,1-3H2;2*1H/t4-,5-,6+;;/m1../s1. The molecular formula is C6H14Cl2O4. The minimum Gasteiger partial charge on any atom is -0.394 e. The number of hydrogen-bond donors (Lipinski definition) is 3. The zero-order valence-electron chi connectivity index (χ0n) is 6.42. The van der Waals surface area contributed by atoms with Crippen molar-refractivity contribution >= 4 is 24.8 Å². The fourth-order valence-electron chi connectivity index (χ4n) is 1.02. The highest BCUT2D eigenvalue weighted by Gasteiger charge is 2.30. The van der Waals surface area contributed by atoms with Crippen molar-refractivity contribution < 1.29 is 20.1 Å². The Labute approximate surface area is 83.4 Å². The molecule has 3 atom stereocenters. The van der Waals surface area contributed by atoms with Crippen molar-refractivity contribution in [3.8, 4) is 0 Å². The van der Waals surface area contributed by atoms with Crippen molar-refractivity contribution in [2.24, 2.45) is 0 Å². The maximum absolute atomic E-state index is 9.10. The summed E-state index contributed by atoms with van der Waals surface area (Å²) in [6.07, 6.45) is -1.84. The second-order valence-electron chi connectivity index (χ2n) is 2.44. The number of rotatable bonds is 1. The quantitative estimate of drug-likeness (QED) is 0.549. The summed E-state index contributed by atoms with van der Waals surface area (Å²) < 4.78 is 4.95. The number of ether oxygens (including phenoxy) is 1. The van der Waals surface area contributed by atoms with Crippen molar-refractivity contribution in [1.29, 1.82) is 0 Å². The van der Waals surface area contributed by atoms with Gasteiger partial charge in [0.2, 0.25) is 0 Å². The van der Waals surface area contributed by atoms with Gasteiger partial charge in [-0.15, -0.1) is 24.8 Å². The Balaban J connectivity index is 0. The van der Waals surface area contributed by atoms with Crippen LogP contribution in [0.2, 0.25) is 0 Å². The Morgan fingerprint density at radius 3 is 2.25 bits per heavy atom. The fraction of sp³-hybridized carbons (Fsp3) is 1.00. The molecule has 0 aromatic carbocycles. The lowest BCUT2D eigenvalue weighted by molar-refractivity contribution is -0.147. The van der Waals surface area contributed by atoms with Crippen LogP contribution in [0.5, 0.6) is 0 Å². The molecule has 1 saturated heterocycles. The van der Waals surface area contributed by atoms with Gasteiger partial charge in [-0.05, 0) is 6.42 Å². The molecule has 0 amide bonds. The maximum atomic E-state index is 9.10. The number of halogens is 2.